The van der Waals surface area contributed by atoms with Crippen LogP contribution in [0.25, 0.3) is 0 Å². The van der Waals surface area contributed by atoms with E-state index in [9.17, 15) is 14.7 Å². The quantitative estimate of drug-likeness (QED) is 0.596. The molecule has 1 unspecified atom stereocenters. The zero-order chi connectivity index (χ0) is 16.8. The minimum Gasteiger partial charge on any atom is -0.481 e. The van der Waals surface area contributed by atoms with Crippen molar-refractivity contribution >= 4 is 56.1 Å². The van der Waals surface area contributed by atoms with Gasteiger partial charge in [-0.25, -0.2) is 0 Å². The number of rotatable bonds is 6. The Morgan fingerprint density at radius 2 is 1.70 bits per heavy atom. The van der Waals surface area contributed by atoms with Gasteiger partial charge in [0.1, 0.15) is 0 Å². The van der Waals surface area contributed by atoms with E-state index in [2.05, 4.69) is 43.8 Å². The number of amides is 1. The van der Waals surface area contributed by atoms with Crippen LogP contribution in [-0.4, -0.2) is 17.0 Å². The zero-order valence-corrected chi connectivity index (χ0v) is 15.9. The molecular weight excluding hydrogens is 473 g/mol. The highest BCUT2D eigenvalue weighted by molar-refractivity contribution is 14.1. The van der Waals surface area contributed by atoms with E-state index >= 15 is 0 Å². The molecular formula is C17H15BrINO3. The lowest BCUT2D eigenvalue weighted by atomic mass is 9.96. The second-order valence-corrected chi connectivity index (χ2v) is 7.29. The molecule has 0 aliphatic heterocycles. The number of carbonyl (C=O) groups is 2. The third-order valence-corrected chi connectivity index (χ3v) is 4.55. The fourth-order valence-electron chi connectivity index (χ4n) is 2.12. The maximum Gasteiger partial charge on any atom is 0.307 e. The van der Waals surface area contributed by atoms with Crippen LogP contribution in [0.5, 0.6) is 0 Å². The van der Waals surface area contributed by atoms with Crippen LogP contribution in [0, 0.1) is 9.49 Å². The number of carboxylic acids is 1. The summed E-state index contributed by atoms with van der Waals surface area (Å²) in [5.41, 5.74) is 1.56. The molecule has 0 saturated heterocycles. The van der Waals surface area contributed by atoms with Gasteiger partial charge in [-0.3, -0.25) is 9.59 Å². The van der Waals surface area contributed by atoms with Gasteiger partial charge < -0.3 is 10.4 Å². The molecule has 23 heavy (non-hydrogen) atoms. The van der Waals surface area contributed by atoms with Crippen molar-refractivity contribution in [1.82, 2.24) is 0 Å². The van der Waals surface area contributed by atoms with E-state index in [0.717, 1.165) is 13.6 Å². The van der Waals surface area contributed by atoms with Gasteiger partial charge in [0.05, 0.1) is 5.92 Å². The normalized spacial score (nSPS) is 11.7. The predicted octanol–water partition coefficient (Wildman–Crippen LogP) is 4.33. The molecule has 6 heteroatoms. The van der Waals surface area contributed by atoms with Crippen molar-refractivity contribution in [3.8, 4) is 0 Å². The molecule has 0 aliphatic rings. The summed E-state index contributed by atoms with van der Waals surface area (Å²) in [6.07, 6.45) is 0.264. The lowest BCUT2D eigenvalue weighted by Gasteiger charge is -2.13. The summed E-state index contributed by atoms with van der Waals surface area (Å²) in [4.78, 5) is 23.5. The summed E-state index contributed by atoms with van der Waals surface area (Å²) in [6, 6.07) is 14.8. The highest BCUT2D eigenvalue weighted by Crippen LogP contribution is 2.18. The maximum absolute atomic E-state index is 12.1. The molecule has 2 aromatic carbocycles. The van der Waals surface area contributed by atoms with Gasteiger partial charge >= 0.3 is 5.97 Å². The monoisotopic (exact) mass is 487 g/mol. The van der Waals surface area contributed by atoms with Gasteiger partial charge in [0, 0.05) is 20.2 Å². The Morgan fingerprint density at radius 1 is 1.09 bits per heavy atom. The molecule has 0 aliphatic carbocycles. The summed E-state index contributed by atoms with van der Waals surface area (Å²) in [5.74, 6) is -2.01. The van der Waals surface area contributed by atoms with Crippen molar-refractivity contribution in [3.63, 3.8) is 0 Å². The molecule has 2 rings (SSSR count). The molecule has 120 valence electrons. The number of benzene rings is 2. The van der Waals surface area contributed by atoms with Crippen molar-refractivity contribution in [2.75, 3.05) is 5.32 Å². The molecule has 0 spiro atoms. The lowest BCUT2D eigenvalue weighted by molar-refractivity contribution is -0.143. The first-order valence-corrected chi connectivity index (χ1v) is 8.84. The van der Waals surface area contributed by atoms with Gasteiger partial charge in [-0.05, 0) is 71.0 Å². The van der Waals surface area contributed by atoms with Crippen LogP contribution >= 0.6 is 38.5 Å². The molecule has 0 aromatic heterocycles. The van der Waals surface area contributed by atoms with Crippen molar-refractivity contribution in [2.45, 2.75) is 12.8 Å². The number of carboxylic acid groups (broad SMARTS) is 1. The van der Waals surface area contributed by atoms with Crippen LogP contribution in [-0.2, 0) is 16.0 Å². The van der Waals surface area contributed by atoms with E-state index < -0.39 is 11.9 Å². The van der Waals surface area contributed by atoms with Crippen LogP contribution in [0.3, 0.4) is 0 Å². The van der Waals surface area contributed by atoms with Crippen molar-refractivity contribution in [2.24, 2.45) is 5.92 Å². The molecule has 0 radical (unpaired) electrons. The molecule has 0 fully saturated rings. The molecule has 1 amide bonds. The minimum atomic E-state index is -0.967. The molecule has 0 bridgehead atoms. The Kier molecular flexibility index (Phi) is 6.59. The first kappa shape index (κ1) is 17.9. The van der Waals surface area contributed by atoms with Crippen LogP contribution in [0.4, 0.5) is 5.69 Å². The zero-order valence-electron chi connectivity index (χ0n) is 12.1. The van der Waals surface area contributed by atoms with Crippen molar-refractivity contribution in [3.05, 3.63) is 62.1 Å². The third-order valence-electron chi connectivity index (χ3n) is 3.30. The fraction of sp³-hybridized carbons (Fsp3) is 0.176. The number of hydrogen-bond donors (Lipinski definition) is 2. The molecule has 2 aromatic rings. The Hall–Kier alpha value is -1.41. The van der Waals surface area contributed by atoms with E-state index in [1.807, 2.05) is 36.4 Å². The van der Waals surface area contributed by atoms with Crippen LogP contribution in [0.2, 0.25) is 0 Å². The smallest absolute Gasteiger partial charge is 0.307 e. The Labute approximate surface area is 156 Å². The largest absolute Gasteiger partial charge is 0.481 e. The summed E-state index contributed by atoms with van der Waals surface area (Å²) in [5, 5.41) is 12.1. The van der Waals surface area contributed by atoms with Gasteiger partial charge in [0.15, 0.2) is 0 Å². The van der Waals surface area contributed by atoms with Crippen molar-refractivity contribution < 1.29 is 14.7 Å². The van der Waals surface area contributed by atoms with Crippen LogP contribution in [0.15, 0.2) is 53.0 Å². The number of aliphatic carboxylic acids is 1. The van der Waals surface area contributed by atoms with Crippen molar-refractivity contribution in [1.29, 1.82) is 0 Å². The fourth-order valence-corrected chi connectivity index (χ4v) is 2.74. The highest BCUT2D eigenvalue weighted by Gasteiger charge is 2.21. The summed E-state index contributed by atoms with van der Waals surface area (Å²) in [6.45, 7) is 0. The first-order valence-electron chi connectivity index (χ1n) is 6.96. The Balaban J connectivity index is 1.98. The van der Waals surface area contributed by atoms with Crippen LogP contribution in [0.1, 0.15) is 12.0 Å². The topological polar surface area (TPSA) is 66.4 Å². The third kappa shape index (κ3) is 5.95. The van der Waals surface area contributed by atoms with Gasteiger partial charge in [-0.15, -0.1) is 0 Å². The van der Waals surface area contributed by atoms with Gasteiger partial charge in [-0.1, -0.05) is 28.1 Å². The van der Waals surface area contributed by atoms with E-state index in [-0.39, 0.29) is 12.3 Å². The van der Waals surface area contributed by atoms with E-state index in [1.165, 1.54) is 0 Å². The molecule has 4 nitrogen and oxygen atoms in total. The summed E-state index contributed by atoms with van der Waals surface area (Å²) >= 11 is 5.52. The van der Waals surface area contributed by atoms with E-state index in [1.54, 1.807) is 12.1 Å². The Bertz CT molecular complexity index is 686. The lowest BCUT2D eigenvalue weighted by Crippen LogP contribution is -2.24. The summed E-state index contributed by atoms with van der Waals surface area (Å²) in [7, 11) is 0. The standard InChI is InChI=1S/C17H15BrINO3/c18-13-3-1-11(2-4-13)9-12(17(22)23)10-16(21)20-15-7-5-14(19)6-8-15/h1-8,12H,9-10H2,(H,20,21)(H,22,23). The second kappa shape index (κ2) is 8.44. The molecule has 2 N–H and O–H groups in total. The van der Waals surface area contributed by atoms with Gasteiger partial charge in [0.2, 0.25) is 5.91 Å². The van der Waals surface area contributed by atoms with E-state index in [4.69, 9.17) is 0 Å². The first-order chi connectivity index (χ1) is 10.9. The average molecular weight is 488 g/mol. The molecule has 0 heterocycles. The second-order valence-electron chi connectivity index (χ2n) is 5.12. The minimum absolute atomic E-state index is 0.0582. The predicted molar refractivity (Wildman–Crippen MR) is 101 cm³/mol. The number of anilines is 1. The molecule has 0 saturated carbocycles. The average Bonchev–Trinajstić information content (AvgIpc) is 2.51. The van der Waals surface area contributed by atoms with Crippen LogP contribution < -0.4 is 5.32 Å². The number of hydrogen-bond acceptors (Lipinski definition) is 2. The number of halogens is 2. The summed E-state index contributed by atoms with van der Waals surface area (Å²) < 4.78 is 2.00. The van der Waals surface area contributed by atoms with Gasteiger partial charge in [0.25, 0.3) is 0 Å². The van der Waals surface area contributed by atoms with Gasteiger partial charge in [-0.2, -0.15) is 0 Å². The maximum atomic E-state index is 12.1. The number of carbonyl (C=O) groups excluding carboxylic acids is 1. The number of nitrogens with one attached hydrogen (secondary N) is 1. The van der Waals surface area contributed by atoms with E-state index in [0.29, 0.717) is 12.1 Å². The highest BCUT2D eigenvalue weighted by atomic mass is 127. The molecule has 1 atom stereocenters. The Morgan fingerprint density at radius 3 is 2.26 bits per heavy atom. The SMILES string of the molecule is O=C(CC(Cc1ccc(Br)cc1)C(=O)O)Nc1ccc(I)cc1.